The summed E-state index contributed by atoms with van der Waals surface area (Å²) in [5.41, 5.74) is 0.0650. The van der Waals surface area contributed by atoms with Crippen LogP contribution < -0.4 is 20.1 Å². The lowest BCUT2D eigenvalue weighted by molar-refractivity contribution is -0.127. The van der Waals surface area contributed by atoms with Crippen LogP contribution in [-0.4, -0.2) is 44.8 Å². The van der Waals surface area contributed by atoms with Gasteiger partial charge in [-0.1, -0.05) is 6.07 Å². The van der Waals surface area contributed by atoms with E-state index in [2.05, 4.69) is 10.6 Å². The zero-order valence-corrected chi connectivity index (χ0v) is 13.5. The third-order valence-corrected chi connectivity index (χ3v) is 2.86. The second-order valence-corrected chi connectivity index (χ2v) is 4.43. The Hall–Kier alpha value is -2.77. The average molecular weight is 324 g/mol. The number of carbonyl (C=O) groups is 3. The van der Waals surface area contributed by atoms with Crippen molar-refractivity contribution in [3.8, 4) is 11.5 Å². The Morgan fingerprint density at radius 1 is 1.13 bits per heavy atom. The molecule has 0 radical (unpaired) electrons. The van der Waals surface area contributed by atoms with Crippen molar-refractivity contribution in [1.29, 1.82) is 0 Å². The van der Waals surface area contributed by atoms with Gasteiger partial charge in [0.2, 0.25) is 0 Å². The lowest BCUT2D eigenvalue weighted by Crippen LogP contribution is -2.44. The minimum atomic E-state index is -1.17. The molecule has 1 aromatic rings. The maximum Gasteiger partial charge on any atom is 0.346 e. The SMILES string of the molecule is CCNC(=O)NC(=O)[C@@H](C)OC(=O)c1c(OC)cccc1OC. The van der Waals surface area contributed by atoms with E-state index in [1.807, 2.05) is 0 Å². The highest BCUT2D eigenvalue weighted by Crippen LogP contribution is 2.29. The van der Waals surface area contributed by atoms with Gasteiger partial charge in [0.25, 0.3) is 5.91 Å². The number of amides is 3. The van der Waals surface area contributed by atoms with Gasteiger partial charge in [-0.25, -0.2) is 9.59 Å². The minimum absolute atomic E-state index is 0.0650. The lowest BCUT2D eigenvalue weighted by Gasteiger charge is -2.16. The highest BCUT2D eigenvalue weighted by molar-refractivity contribution is 6.00. The van der Waals surface area contributed by atoms with Crippen LogP contribution in [0.25, 0.3) is 0 Å². The Kier molecular flexibility index (Phi) is 6.85. The van der Waals surface area contributed by atoms with Crippen molar-refractivity contribution in [3.05, 3.63) is 23.8 Å². The van der Waals surface area contributed by atoms with E-state index in [0.717, 1.165) is 0 Å². The van der Waals surface area contributed by atoms with E-state index in [-0.39, 0.29) is 17.1 Å². The fraction of sp³-hybridized carbons (Fsp3) is 0.400. The number of imide groups is 1. The third-order valence-electron chi connectivity index (χ3n) is 2.86. The zero-order chi connectivity index (χ0) is 17.4. The van der Waals surface area contributed by atoms with Gasteiger partial charge in [0.1, 0.15) is 17.1 Å². The van der Waals surface area contributed by atoms with Crippen LogP contribution in [0, 0.1) is 0 Å². The number of esters is 1. The fourth-order valence-electron chi connectivity index (χ4n) is 1.74. The minimum Gasteiger partial charge on any atom is -0.496 e. The highest BCUT2D eigenvalue weighted by Gasteiger charge is 2.25. The molecule has 0 aliphatic heterocycles. The molecule has 8 nitrogen and oxygen atoms in total. The molecule has 0 aliphatic carbocycles. The first-order valence-corrected chi connectivity index (χ1v) is 6.95. The molecule has 23 heavy (non-hydrogen) atoms. The Morgan fingerprint density at radius 3 is 2.17 bits per heavy atom. The molecule has 1 aromatic carbocycles. The molecule has 0 saturated carbocycles. The molecule has 1 rings (SSSR count). The first-order valence-electron chi connectivity index (χ1n) is 6.95. The first kappa shape index (κ1) is 18.3. The normalized spacial score (nSPS) is 11.1. The predicted molar refractivity (Wildman–Crippen MR) is 81.6 cm³/mol. The van der Waals surface area contributed by atoms with Gasteiger partial charge in [-0.3, -0.25) is 10.1 Å². The Balaban J connectivity index is 2.83. The molecule has 2 N–H and O–H groups in total. The Morgan fingerprint density at radius 2 is 1.70 bits per heavy atom. The number of methoxy groups -OCH3 is 2. The maximum absolute atomic E-state index is 12.3. The van der Waals surface area contributed by atoms with Crippen molar-refractivity contribution in [2.75, 3.05) is 20.8 Å². The van der Waals surface area contributed by atoms with Gasteiger partial charge in [-0.2, -0.15) is 0 Å². The number of ether oxygens (including phenoxy) is 3. The summed E-state index contributed by atoms with van der Waals surface area (Å²) in [6.07, 6.45) is -1.17. The van der Waals surface area contributed by atoms with E-state index in [1.165, 1.54) is 21.1 Å². The number of benzene rings is 1. The van der Waals surface area contributed by atoms with Gasteiger partial charge in [0, 0.05) is 6.54 Å². The van der Waals surface area contributed by atoms with Crippen LogP contribution >= 0.6 is 0 Å². The monoisotopic (exact) mass is 324 g/mol. The van der Waals surface area contributed by atoms with Crippen molar-refractivity contribution in [2.45, 2.75) is 20.0 Å². The summed E-state index contributed by atoms with van der Waals surface area (Å²) in [5.74, 6) is -1.02. The van der Waals surface area contributed by atoms with Crippen molar-refractivity contribution in [1.82, 2.24) is 10.6 Å². The van der Waals surface area contributed by atoms with Gasteiger partial charge >= 0.3 is 12.0 Å². The standard InChI is InChI=1S/C15H20N2O6/c1-5-16-15(20)17-13(18)9(2)23-14(19)12-10(21-3)7-6-8-11(12)22-4/h6-9H,5H2,1-4H3,(H2,16,17,18,20)/t9-/m1/s1. The van der Waals surface area contributed by atoms with E-state index < -0.39 is 24.0 Å². The largest absolute Gasteiger partial charge is 0.496 e. The Labute approximate surface area is 134 Å². The molecule has 0 unspecified atom stereocenters. The zero-order valence-electron chi connectivity index (χ0n) is 13.5. The molecule has 3 amide bonds. The average Bonchev–Trinajstić information content (AvgIpc) is 2.53. The second-order valence-electron chi connectivity index (χ2n) is 4.43. The molecular weight excluding hydrogens is 304 g/mol. The van der Waals surface area contributed by atoms with E-state index in [1.54, 1.807) is 25.1 Å². The third kappa shape index (κ3) is 4.87. The number of carbonyl (C=O) groups excluding carboxylic acids is 3. The second kappa shape index (κ2) is 8.62. The molecule has 0 aliphatic rings. The van der Waals surface area contributed by atoms with Crippen LogP contribution in [-0.2, 0) is 9.53 Å². The van der Waals surface area contributed by atoms with Gasteiger partial charge < -0.3 is 19.5 Å². The number of nitrogens with one attached hydrogen (secondary N) is 2. The topological polar surface area (TPSA) is 103 Å². The van der Waals surface area contributed by atoms with Crippen molar-refractivity contribution >= 4 is 17.9 Å². The van der Waals surface area contributed by atoms with Crippen LogP contribution in [0.4, 0.5) is 4.79 Å². The molecular formula is C15H20N2O6. The summed E-state index contributed by atoms with van der Waals surface area (Å²) in [5, 5.41) is 4.47. The van der Waals surface area contributed by atoms with Crippen molar-refractivity contribution < 1.29 is 28.6 Å². The van der Waals surface area contributed by atoms with E-state index >= 15 is 0 Å². The van der Waals surface area contributed by atoms with Crippen LogP contribution in [0.5, 0.6) is 11.5 Å². The summed E-state index contributed by atoms with van der Waals surface area (Å²) in [6.45, 7) is 3.43. The lowest BCUT2D eigenvalue weighted by atomic mass is 10.1. The fourth-order valence-corrected chi connectivity index (χ4v) is 1.74. The summed E-state index contributed by atoms with van der Waals surface area (Å²) >= 11 is 0. The highest BCUT2D eigenvalue weighted by atomic mass is 16.6. The van der Waals surface area contributed by atoms with Crippen LogP contribution in [0.1, 0.15) is 24.2 Å². The molecule has 0 aromatic heterocycles. The molecule has 0 saturated heterocycles. The molecule has 126 valence electrons. The maximum atomic E-state index is 12.3. The van der Waals surface area contributed by atoms with Crippen LogP contribution in [0.3, 0.4) is 0 Å². The van der Waals surface area contributed by atoms with Gasteiger partial charge in [-0.05, 0) is 26.0 Å². The van der Waals surface area contributed by atoms with Crippen molar-refractivity contribution in [3.63, 3.8) is 0 Å². The number of urea groups is 1. The number of rotatable bonds is 6. The predicted octanol–water partition coefficient (Wildman–Crippen LogP) is 1.09. The Bertz CT molecular complexity index is 565. The van der Waals surface area contributed by atoms with Crippen molar-refractivity contribution in [2.24, 2.45) is 0 Å². The van der Waals surface area contributed by atoms with E-state index in [4.69, 9.17) is 14.2 Å². The molecule has 0 bridgehead atoms. The van der Waals surface area contributed by atoms with Gasteiger partial charge in [0.15, 0.2) is 6.10 Å². The van der Waals surface area contributed by atoms with Gasteiger partial charge in [0.05, 0.1) is 14.2 Å². The van der Waals surface area contributed by atoms with Gasteiger partial charge in [-0.15, -0.1) is 0 Å². The van der Waals surface area contributed by atoms with E-state index in [0.29, 0.717) is 6.54 Å². The first-order chi connectivity index (χ1) is 10.9. The number of hydrogen-bond acceptors (Lipinski definition) is 6. The molecule has 0 heterocycles. The summed E-state index contributed by atoms with van der Waals surface area (Å²) in [6, 6.07) is 4.13. The summed E-state index contributed by atoms with van der Waals surface area (Å²) < 4.78 is 15.3. The number of hydrogen-bond donors (Lipinski definition) is 2. The summed E-state index contributed by atoms with van der Waals surface area (Å²) in [4.78, 5) is 35.4. The molecule has 8 heteroatoms. The quantitative estimate of drug-likeness (QED) is 0.760. The molecule has 0 fully saturated rings. The van der Waals surface area contributed by atoms with E-state index in [9.17, 15) is 14.4 Å². The smallest absolute Gasteiger partial charge is 0.346 e. The molecule has 0 spiro atoms. The van der Waals surface area contributed by atoms with Crippen LogP contribution in [0.2, 0.25) is 0 Å². The molecule has 1 atom stereocenters. The summed E-state index contributed by atoms with van der Waals surface area (Å²) in [7, 11) is 2.80. The van der Waals surface area contributed by atoms with Crippen LogP contribution in [0.15, 0.2) is 18.2 Å².